The summed E-state index contributed by atoms with van der Waals surface area (Å²) in [6, 6.07) is 20.9. The highest BCUT2D eigenvalue weighted by Crippen LogP contribution is 2.26. The Hall–Kier alpha value is -3.36. The summed E-state index contributed by atoms with van der Waals surface area (Å²) in [7, 11) is -4.09. The van der Waals surface area contributed by atoms with Crippen LogP contribution in [-0.4, -0.2) is 44.3 Å². The minimum absolute atomic E-state index is 0.0506. The van der Waals surface area contributed by atoms with Crippen LogP contribution in [0.25, 0.3) is 0 Å². The molecule has 0 aliphatic carbocycles. The zero-order valence-electron chi connectivity index (χ0n) is 20.5. The summed E-state index contributed by atoms with van der Waals surface area (Å²) in [5.74, 6) is -0.828. The van der Waals surface area contributed by atoms with Crippen LogP contribution in [0.4, 0.5) is 5.69 Å². The van der Waals surface area contributed by atoms with Crippen molar-refractivity contribution in [3.63, 3.8) is 0 Å². The number of hydrogen-bond donors (Lipinski definition) is 1. The van der Waals surface area contributed by atoms with Crippen LogP contribution in [0.15, 0.2) is 83.8 Å². The molecular formula is C27H30ClN3O4S. The Kier molecular flexibility index (Phi) is 9.12. The van der Waals surface area contributed by atoms with Gasteiger partial charge in [0, 0.05) is 18.1 Å². The average Bonchev–Trinajstić information content (AvgIpc) is 2.87. The normalized spacial score (nSPS) is 12.0. The van der Waals surface area contributed by atoms with E-state index in [1.54, 1.807) is 56.3 Å². The van der Waals surface area contributed by atoms with E-state index < -0.39 is 28.5 Å². The van der Waals surface area contributed by atoms with Crippen LogP contribution in [0.1, 0.15) is 25.0 Å². The molecule has 0 heterocycles. The molecule has 0 saturated carbocycles. The van der Waals surface area contributed by atoms with Crippen molar-refractivity contribution < 1.29 is 18.0 Å². The van der Waals surface area contributed by atoms with Crippen LogP contribution in [0.3, 0.4) is 0 Å². The molecule has 0 radical (unpaired) electrons. The zero-order chi connectivity index (χ0) is 26.3. The highest BCUT2D eigenvalue weighted by Gasteiger charge is 2.32. The van der Waals surface area contributed by atoms with Gasteiger partial charge in [0.2, 0.25) is 11.8 Å². The van der Waals surface area contributed by atoms with E-state index in [4.69, 9.17) is 11.6 Å². The number of nitrogens with one attached hydrogen (secondary N) is 1. The van der Waals surface area contributed by atoms with E-state index >= 15 is 0 Å². The molecule has 3 rings (SSSR count). The molecule has 36 heavy (non-hydrogen) atoms. The van der Waals surface area contributed by atoms with Gasteiger partial charge in [0.25, 0.3) is 10.0 Å². The number of aryl methyl sites for hydroxylation is 1. The van der Waals surface area contributed by atoms with Crippen molar-refractivity contribution in [2.45, 2.75) is 38.3 Å². The molecular weight excluding hydrogens is 498 g/mol. The number of carbonyl (C=O) groups is 2. The molecule has 2 amide bonds. The Bertz CT molecular complexity index is 1280. The molecule has 0 aliphatic heterocycles. The van der Waals surface area contributed by atoms with E-state index in [0.717, 1.165) is 15.4 Å². The lowest BCUT2D eigenvalue weighted by atomic mass is 10.1. The number of hydrogen-bond acceptors (Lipinski definition) is 4. The largest absolute Gasteiger partial charge is 0.355 e. The van der Waals surface area contributed by atoms with Crippen LogP contribution in [0.5, 0.6) is 0 Å². The highest BCUT2D eigenvalue weighted by molar-refractivity contribution is 7.92. The molecule has 1 atom stereocenters. The van der Waals surface area contributed by atoms with Gasteiger partial charge in [-0.3, -0.25) is 13.9 Å². The quantitative estimate of drug-likeness (QED) is 0.423. The van der Waals surface area contributed by atoms with Crippen LogP contribution in [-0.2, 0) is 26.2 Å². The van der Waals surface area contributed by atoms with Gasteiger partial charge >= 0.3 is 0 Å². The monoisotopic (exact) mass is 527 g/mol. The van der Waals surface area contributed by atoms with Gasteiger partial charge < -0.3 is 10.2 Å². The number of benzene rings is 3. The van der Waals surface area contributed by atoms with Gasteiger partial charge in [-0.1, -0.05) is 59.6 Å². The zero-order valence-corrected chi connectivity index (χ0v) is 22.1. The fourth-order valence-electron chi connectivity index (χ4n) is 3.65. The maximum atomic E-state index is 13.7. The van der Waals surface area contributed by atoms with Gasteiger partial charge in [-0.25, -0.2) is 8.42 Å². The molecule has 3 aromatic carbocycles. The summed E-state index contributed by atoms with van der Waals surface area (Å²) in [5.41, 5.74) is 2.18. The number of sulfonamides is 1. The Balaban J connectivity index is 2.00. The summed E-state index contributed by atoms with van der Waals surface area (Å²) in [5, 5.41) is 3.18. The first kappa shape index (κ1) is 27.2. The lowest BCUT2D eigenvalue weighted by Crippen LogP contribution is -2.51. The predicted octanol–water partition coefficient (Wildman–Crippen LogP) is 4.40. The number of amides is 2. The van der Waals surface area contributed by atoms with Gasteiger partial charge in [0.05, 0.1) is 10.6 Å². The molecule has 0 unspecified atom stereocenters. The van der Waals surface area contributed by atoms with Gasteiger partial charge in [0.1, 0.15) is 12.6 Å². The van der Waals surface area contributed by atoms with Crippen molar-refractivity contribution in [1.82, 2.24) is 10.2 Å². The highest BCUT2D eigenvalue weighted by atomic mass is 35.5. The third-order valence-corrected chi connectivity index (χ3v) is 7.76. The first-order chi connectivity index (χ1) is 17.1. The molecule has 0 aromatic heterocycles. The van der Waals surface area contributed by atoms with Crippen molar-refractivity contribution in [2.75, 3.05) is 17.4 Å². The molecule has 0 saturated heterocycles. The topological polar surface area (TPSA) is 86.8 Å². The van der Waals surface area contributed by atoms with Crippen molar-refractivity contribution in [3.8, 4) is 0 Å². The van der Waals surface area contributed by atoms with E-state index in [9.17, 15) is 18.0 Å². The van der Waals surface area contributed by atoms with E-state index in [0.29, 0.717) is 11.6 Å². The first-order valence-corrected chi connectivity index (χ1v) is 13.4. The SMILES string of the molecule is CCNC(=O)[C@@H](C)N(Cc1ccc(C)cc1)C(=O)CN(c1ccc(Cl)cc1)S(=O)(=O)c1ccccc1. The second kappa shape index (κ2) is 12.1. The smallest absolute Gasteiger partial charge is 0.264 e. The first-order valence-electron chi connectivity index (χ1n) is 11.6. The lowest BCUT2D eigenvalue weighted by Gasteiger charge is -2.32. The van der Waals surface area contributed by atoms with Crippen molar-refractivity contribution in [1.29, 1.82) is 0 Å². The van der Waals surface area contributed by atoms with Crippen molar-refractivity contribution >= 4 is 39.1 Å². The number of likely N-dealkylation sites (N-methyl/N-ethyl adjacent to an activating group) is 1. The van der Waals surface area contributed by atoms with Gasteiger partial charge in [-0.2, -0.15) is 0 Å². The van der Waals surface area contributed by atoms with Crippen LogP contribution in [0, 0.1) is 6.92 Å². The lowest BCUT2D eigenvalue weighted by molar-refractivity contribution is -0.139. The average molecular weight is 528 g/mol. The number of halogens is 1. The number of anilines is 1. The number of rotatable bonds is 10. The molecule has 9 heteroatoms. The Morgan fingerprint density at radius 2 is 1.56 bits per heavy atom. The molecule has 0 spiro atoms. The maximum Gasteiger partial charge on any atom is 0.264 e. The van der Waals surface area contributed by atoms with Crippen LogP contribution in [0.2, 0.25) is 5.02 Å². The van der Waals surface area contributed by atoms with Gasteiger partial charge in [-0.05, 0) is 62.7 Å². The predicted molar refractivity (Wildman–Crippen MR) is 142 cm³/mol. The standard InChI is InChI=1S/C27H30ClN3O4S/c1-4-29-27(33)21(3)30(18-22-12-10-20(2)11-13-22)26(32)19-31(24-16-14-23(28)15-17-24)36(34,35)25-8-6-5-7-9-25/h5-17,21H,4,18-19H2,1-3H3,(H,29,33)/t21-/m1/s1. The Labute approximate surface area is 217 Å². The summed E-state index contributed by atoms with van der Waals surface area (Å²) in [6.45, 7) is 5.46. The third kappa shape index (κ3) is 6.65. The molecule has 0 bridgehead atoms. The van der Waals surface area contributed by atoms with Crippen molar-refractivity contribution in [3.05, 3.63) is 95.0 Å². The summed E-state index contributed by atoms with van der Waals surface area (Å²) in [6.07, 6.45) is 0. The van der Waals surface area contributed by atoms with E-state index in [2.05, 4.69) is 5.32 Å². The Morgan fingerprint density at radius 3 is 2.14 bits per heavy atom. The molecule has 0 aliphatic rings. The minimum atomic E-state index is -4.09. The molecule has 190 valence electrons. The molecule has 1 N–H and O–H groups in total. The summed E-state index contributed by atoms with van der Waals surface area (Å²) in [4.78, 5) is 27.9. The number of nitrogens with zero attached hydrogens (tertiary/aromatic N) is 2. The summed E-state index contributed by atoms with van der Waals surface area (Å²) >= 11 is 6.02. The van der Waals surface area contributed by atoms with Crippen molar-refractivity contribution in [2.24, 2.45) is 0 Å². The molecule has 0 fully saturated rings. The van der Waals surface area contributed by atoms with E-state index in [-0.39, 0.29) is 23.0 Å². The second-order valence-corrected chi connectivity index (χ2v) is 10.7. The molecule has 7 nitrogen and oxygen atoms in total. The van der Waals surface area contributed by atoms with E-state index in [1.807, 2.05) is 31.2 Å². The minimum Gasteiger partial charge on any atom is -0.355 e. The van der Waals surface area contributed by atoms with Gasteiger partial charge in [-0.15, -0.1) is 0 Å². The maximum absolute atomic E-state index is 13.7. The van der Waals surface area contributed by atoms with Crippen LogP contribution < -0.4 is 9.62 Å². The fourth-order valence-corrected chi connectivity index (χ4v) is 5.21. The van der Waals surface area contributed by atoms with Gasteiger partial charge in [0.15, 0.2) is 0 Å². The second-order valence-electron chi connectivity index (χ2n) is 8.38. The third-order valence-electron chi connectivity index (χ3n) is 5.72. The summed E-state index contributed by atoms with van der Waals surface area (Å²) < 4.78 is 28.3. The number of carbonyl (C=O) groups excluding carboxylic acids is 2. The molecule has 3 aromatic rings. The van der Waals surface area contributed by atoms with E-state index in [1.165, 1.54) is 17.0 Å². The fraction of sp³-hybridized carbons (Fsp3) is 0.259. The van der Waals surface area contributed by atoms with Crippen LogP contribution >= 0.6 is 11.6 Å². The Morgan fingerprint density at radius 1 is 0.944 bits per heavy atom.